The normalized spacial score (nSPS) is 12.5. The van der Waals surface area contributed by atoms with E-state index in [0.29, 0.717) is 0 Å². The fourth-order valence-corrected chi connectivity index (χ4v) is 1.79. The molecule has 0 bridgehead atoms. The van der Waals surface area contributed by atoms with E-state index in [1.807, 2.05) is 0 Å². The molecule has 1 heterocycles. The highest BCUT2D eigenvalue weighted by Crippen LogP contribution is 2.22. The lowest BCUT2D eigenvalue weighted by atomic mass is 10.5. The monoisotopic (exact) mass is 259 g/mol. The lowest BCUT2D eigenvalue weighted by molar-refractivity contribution is -0.0446. The number of alkyl halides is 3. The van der Waals surface area contributed by atoms with Crippen molar-refractivity contribution in [3.63, 3.8) is 0 Å². The third-order valence-electron chi connectivity index (χ3n) is 1.28. The molecular weight excluding hydrogens is 255 g/mol. The summed E-state index contributed by atoms with van der Waals surface area (Å²) in [5, 5.41) is 1.44. The molecule has 0 saturated heterocycles. The molecule has 1 N–H and O–H groups in total. The van der Waals surface area contributed by atoms with E-state index in [4.69, 9.17) is 0 Å². The van der Waals surface area contributed by atoms with Crippen molar-refractivity contribution in [2.45, 2.75) is 5.51 Å². The Balaban J connectivity index is 2.85. The Labute approximate surface area is 86.8 Å². The molecule has 1 amide bonds. The SMILES string of the molecule is O=C(NS(=O)(=O)C(F)(F)F)c1cccs1. The first-order valence-electron chi connectivity index (χ1n) is 3.41. The van der Waals surface area contributed by atoms with Gasteiger partial charge < -0.3 is 0 Å². The summed E-state index contributed by atoms with van der Waals surface area (Å²) in [5.74, 6) is -1.29. The van der Waals surface area contributed by atoms with E-state index in [9.17, 15) is 26.4 Å². The Morgan fingerprint density at radius 3 is 2.40 bits per heavy atom. The molecule has 0 fully saturated rings. The summed E-state index contributed by atoms with van der Waals surface area (Å²) in [4.78, 5) is 10.9. The Morgan fingerprint density at radius 2 is 2.00 bits per heavy atom. The number of amides is 1. The Kier molecular flexibility index (Phi) is 3.05. The average molecular weight is 259 g/mol. The first kappa shape index (κ1) is 12.0. The van der Waals surface area contributed by atoms with Gasteiger partial charge in [0.1, 0.15) is 0 Å². The Bertz CT molecular complexity index is 448. The van der Waals surface area contributed by atoms with Crippen LogP contribution in [-0.2, 0) is 10.0 Å². The van der Waals surface area contributed by atoms with Gasteiger partial charge in [-0.2, -0.15) is 21.6 Å². The van der Waals surface area contributed by atoms with E-state index in [2.05, 4.69) is 0 Å². The molecule has 0 atom stereocenters. The zero-order chi connectivity index (χ0) is 11.7. The maximum atomic E-state index is 11.8. The Hall–Kier alpha value is -1.09. The third-order valence-corrected chi connectivity index (χ3v) is 3.21. The first-order chi connectivity index (χ1) is 6.74. The molecule has 1 aromatic heterocycles. The summed E-state index contributed by atoms with van der Waals surface area (Å²) in [6.45, 7) is 0. The second kappa shape index (κ2) is 3.81. The average Bonchev–Trinajstić information content (AvgIpc) is 2.51. The van der Waals surface area contributed by atoms with Crippen LogP contribution >= 0.6 is 11.3 Å². The fourth-order valence-electron chi connectivity index (χ4n) is 0.638. The number of halogens is 3. The van der Waals surface area contributed by atoms with E-state index in [0.717, 1.165) is 16.1 Å². The van der Waals surface area contributed by atoms with Crippen LogP contribution in [0.2, 0.25) is 0 Å². The number of thiophene rings is 1. The summed E-state index contributed by atoms with van der Waals surface area (Å²) in [6.07, 6.45) is 0. The minimum atomic E-state index is -5.62. The van der Waals surface area contributed by atoms with Gasteiger partial charge in [-0.25, -0.2) is 4.72 Å². The molecule has 1 rings (SSSR count). The lowest BCUT2D eigenvalue weighted by Gasteiger charge is -2.07. The van der Waals surface area contributed by atoms with Crippen LogP contribution in [0.25, 0.3) is 0 Å². The van der Waals surface area contributed by atoms with E-state index in [1.54, 1.807) is 0 Å². The number of hydrogen-bond acceptors (Lipinski definition) is 4. The van der Waals surface area contributed by atoms with Gasteiger partial charge in [0, 0.05) is 0 Å². The minimum Gasteiger partial charge on any atom is -0.267 e. The predicted octanol–water partition coefficient (Wildman–Crippen LogP) is 1.33. The van der Waals surface area contributed by atoms with Crippen LogP contribution in [0.1, 0.15) is 9.67 Å². The van der Waals surface area contributed by atoms with Crippen molar-refractivity contribution in [3.05, 3.63) is 22.4 Å². The van der Waals surface area contributed by atoms with Crippen LogP contribution in [-0.4, -0.2) is 19.8 Å². The topological polar surface area (TPSA) is 63.2 Å². The van der Waals surface area contributed by atoms with E-state index >= 15 is 0 Å². The van der Waals surface area contributed by atoms with Gasteiger partial charge in [0.05, 0.1) is 4.88 Å². The smallest absolute Gasteiger partial charge is 0.267 e. The number of nitrogens with one attached hydrogen (secondary N) is 1. The van der Waals surface area contributed by atoms with Crippen LogP contribution in [0.5, 0.6) is 0 Å². The van der Waals surface area contributed by atoms with Gasteiger partial charge in [-0.3, -0.25) is 4.79 Å². The number of carbonyl (C=O) groups is 1. The first-order valence-corrected chi connectivity index (χ1v) is 5.77. The molecular formula is C6H4F3NO3S2. The van der Waals surface area contributed by atoms with Crippen molar-refractivity contribution in [2.75, 3.05) is 0 Å². The number of hydrogen-bond donors (Lipinski definition) is 1. The van der Waals surface area contributed by atoms with Crippen molar-refractivity contribution in [1.29, 1.82) is 0 Å². The minimum absolute atomic E-state index is 0.108. The standard InChI is InChI=1S/C6H4F3NO3S2/c7-6(8,9)15(12,13)10-5(11)4-2-1-3-14-4/h1-3H,(H,10,11). The zero-order valence-electron chi connectivity index (χ0n) is 6.91. The quantitative estimate of drug-likeness (QED) is 0.871. The number of sulfonamides is 1. The molecule has 84 valence electrons. The zero-order valence-corrected chi connectivity index (χ0v) is 8.54. The highest BCUT2D eigenvalue weighted by atomic mass is 32.2. The largest absolute Gasteiger partial charge is 0.516 e. The summed E-state index contributed by atoms with van der Waals surface area (Å²) in [6, 6.07) is 2.63. The van der Waals surface area contributed by atoms with E-state index in [1.165, 1.54) is 17.5 Å². The van der Waals surface area contributed by atoms with Gasteiger partial charge in [-0.1, -0.05) is 6.07 Å². The molecule has 9 heteroatoms. The molecule has 0 aliphatic heterocycles. The van der Waals surface area contributed by atoms with Crippen molar-refractivity contribution in [1.82, 2.24) is 4.72 Å². The molecule has 0 saturated carbocycles. The van der Waals surface area contributed by atoms with Crippen molar-refractivity contribution < 1.29 is 26.4 Å². The summed E-state index contributed by atoms with van der Waals surface area (Å²) in [5.41, 5.74) is -5.49. The third kappa shape index (κ3) is 2.69. The summed E-state index contributed by atoms with van der Waals surface area (Å²) < 4.78 is 57.4. The fraction of sp³-hybridized carbons (Fsp3) is 0.167. The second-order valence-electron chi connectivity index (χ2n) is 2.36. The van der Waals surface area contributed by atoms with E-state index < -0.39 is 21.4 Å². The van der Waals surface area contributed by atoms with Gasteiger partial charge in [0.25, 0.3) is 5.91 Å². The highest BCUT2D eigenvalue weighted by Gasteiger charge is 2.47. The molecule has 1 aromatic rings. The maximum absolute atomic E-state index is 11.8. The van der Waals surface area contributed by atoms with Gasteiger partial charge in [0.2, 0.25) is 0 Å². The van der Waals surface area contributed by atoms with Crippen LogP contribution in [0.15, 0.2) is 17.5 Å². The van der Waals surface area contributed by atoms with Crippen molar-refractivity contribution in [2.24, 2.45) is 0 Å². The molecule has 0 aliphatic rings. The van der Waals surface area contributed by atoms with Gasteiger partial charge in [-0.05, 0) is 11.4 Å². The molecule has 15 heavy (non-hydrogen) atoms. The van der Waals surface area contributed by atoms with Crippen LogP contribution in [0.4, 0.5) is 13.2 Å². The number of rotatable bonds is 2. The van der Waals surface area contributed by atoms with Crippen molar-refractivity contribution in [3.8, 4) is 0 Å². The molecule has 0 radical (unpaired) electrons. The lowest BCUT2D eigenvalue weighted by Crippen LogP contribution is -2.39. The summed E-state index contributed by atoms with van der Waals surface area (Å²) >= 11 is 0.839. The van der Waals surface area contributed by atoms with Gasteiger partial charge in [0.15, 0.2) is 0 Å². The molecule has 0 aliphatic carbocycles. The van der Waals surface area contributed by atoms with Crippen LogP contribution in [0.3, 0.4) is 0 Å². The molecule has 4 nitrogen and oxygen atoms in total. The second-order valence-corrected chi connectivity index (χ2v) is 4.98. The maximum Gasteiger partial charge on any atom is 0.516 e. The highest BCUT2D eigenvalue weighted by molar-refractivity contribution is 7.90. The van der Waals surface area contributed by atoms with Crippen LogP contribution in [0, 0.1) is 0 Å². The van der Waals surface area contributed by atoms with Crippen molar-refractivity contribution >= 4 is 27.3 Å². The molecule has 0 spiro atoms. The molecule has 0 unspecified atom stereocenters. The molecule has 0 aromatic carbocycles. The van der Waals surface area contributed by atoms with E-state index in [-0.39, 0.29) is 4.88 Å². The number of carbonyl (C=O) groups excluding carboxylic acids is 1. The van der Waals surface area contributed by atoms with Gasteiger partial charge >= 0.3 is 15.5 Å². The van der Waals surface area contributed by atoms with Crippen LogP contribution < -0.4 is 4.72 Å². The summed E-state index contributed by atoms with van der Waals surface area (Å²) in [7, 11) is -5.62. The van der Waals surface area contributed by atoms with Gasteiger partial charge in [-0.15, -0.1) is 11.3 Å². The Morgan fingerprint density at radius 1 is 1.40 bits per heavy atom. The predicted molar refractivity (Wildman–Crippen MR) is 46.8 cm³/mol.